The second kappa shape index (κ2) is 3.48. The minimum absolute atomic E-state index is 0.474. The van der Waals surface area contributed by atoms with Crippen LogP contribution in [0.25, 0.3) is 0 Å². The first-order chi connectivity index (χ1) is 6.40. The molecule has 0 bridgehead atoms. The number of carboxylic acid groups (broad SMARTS) is 1. The van der Waals surface area contributed by atoms with Crippen molar-refractivity contribution >= 4 is 12.1 Å². The van der Waals surface area contributed by atoms with E-state index >= 15 is 0 Å². The molecule has 80 valence electrons. The molecule has 0 saturated carbocycles. The highest BCUT2D eigenvalue weighted by Crippen LogP contribution is 2.33. The molecule has 0 aromatic carbocycles. The Bertz CT molecular complexity index is 262. The Kier molecular flexibility index (Phi) is 2.69. The summed E-state index contributed by atoms with van der Waals surface area (Å²) in [5.41, 5.74) is -0.481. The summed E-state index contributed by atoms with van der Waals surface area (Å²) in [5, 5.41) is 8.98. The average Bonchev–Trinajstić information content (AvgIpc) is 2.39. The molecule has 14 heavy (non-hydrogen) atoms. The minimum Gasteiger partial charge on any atom is -0.467 e. The van der Waals surface area contributed by atoms with Crippen molar-refractivity contribution in [1.82, 2.24) is 4.90 Å². The van der Waals surface area contributed by atoms with Crippen LogP contribution in [0.2, 0.25) is 0 Å². The fourth-order valence-electron chi connectivity index (χ4n) is 1.91. The molecule has 1 N–H and O–H groups in total. The molecule has 1 rings (SSSR count). The van der Waals surface area contributed by atoms with Crippen molar-refractivity contribution < 1.29 is 19.4 Å². The Balaban J connectivity index is 2.90. The molecule has 0 radical (unpaired) electrons. The lowest BCUT2D eigenvalue weighted by molar-refractivity contribution is -0.146. The van der Waals surface area contributed by atoms with Gasteiger partial charge in [0.15, 0.2) is 0 Å². The third-order valence-electron chi connectivity index (χ3n) is 2.67. The van der Waals surface area contributed by atoms with Gasteiger partial charge in [-0.2, -0.15) is 0 Å². The molecule has 1 fully saturated rings. The van der Waals surface area contributed by atoms with Crippen molar-refractivity contribution in [2.45, 2.75) is 38.3 Å². The molecule has 5 heteroatoms. The number of methoxy groups -OCH3 is 1. The van der Waals surface area contributed by atoms with Gasteiger partial charge < -0.3 is 9.84 Å². The average molecular weight is 201 g/mol. The molecular weight excluding hydrogens is 186 g/mol. The zero-order valence-corrected chi connectivity index (χ0v) is 8.61. The van der Waals surface area contributed by atoms with Crippen LogP contribution in [0.1, 0.15) is 26.7 Å². The summed E-state index contributed by atoms with van der Waals surface area (Å²) in [4.78, 5) is 23.4. The SMILES string of the molecule is COC(=O)[C@@H]1CCC(C)(C)N1C(=O)O. The zero-order valence-electron chi connectivity index (χ0n) is 8.61. The number of hydrogen-bond donors (Lipinski definition) is 1. The Morgan fingerprint density at radius 2 is 2.07 bits per heavy atom. The van der Waals surface area contributed by atoms with Gasteiger partial charge in [-0.05, 0) is 26.7 Å². The van der Waals surface area contributed by atoms with E-state index in [0.717, 1.165) is 0 Å². The zero-order chi connectivity index (χ0) is 10.9. The highest BCUT2D eigenvalue weighted by atomic mass is 16.5. The fourth-order valence-corrected chi connectivity index (χ4v) is 1.91. The maximum atomic E-state index is 11.3. The molecule has 1 aliphatic rings. The van der Waals surface area contributed by atoms with Crippen LogP contribution >= 0.6 is 0 Å². The lowest BCUT2D eigenvalue weighted by Gasteiger charge is -2.31. The van der Waals surface area contributed by atoms with Crippen LogP contribution in [0.5, 0.6) is 0 Å². The van der Waals surface area contributed by atoms with E-state index in [0.29, 0.717) is 12.8 Å². The molecule has 1 amide bonds. The Morgan fingerprint density at radius 3 is 2.50 bits per heavy atom. The molecule has 0 aliphatic carbocycles. The van der Waals surface area contributed by atoms with Gasteiger partial charge in [-0.25, -0.2) is 9.59 Å². The monoisotopic (exact) mass is 201 g/mol. The largest absolute Gasteiger partial charge is 0.467 e. The molecule has 1 atom stereocenters. The number of hydrogen-bond acceptors (Lipinski definition) is 3. The van der Waals surface area contributed by atoms with Crippen LogP contribution < -0.4 is 0 Å². The van der Waals surface area contributed by atoms with E-state index in [9.17, 15) is 9.59 Å². The molecule has 1 saturated heterocycles. The predicted molar refractivity (Wildman–Crippen MR) is 49.0 cm³/mol. The van der Waals surface area contributed by atoms with Gasteiger partial charge in [0.1, 0.15) is 6.04 Å². The van der Waals surface area contributed by atoms with Gasteiger partial charge in [-0.1, -0.05) is 0 Å². The van der Waals surface area contributed by atoms with Gasteiger partial charge in [-0.15, -0.1) is 0 Å². The van der Waals surface area contributed by atoms with Gasteiger partial charge in [0.2, 0.25) is 0 Å². The summed E-state index contributed by atoms with van der Waals surface area (Å²) in [6, 6.07) is -0.646. The van der Waals surface area contributed by atoms with Crippen LogP contribution in [0, 0.1) is 0 Å². The van der Waals surface area contributed by atoms with E-state index in [2.05, 4.69) is 4.74 Å². The van der Waals surface area contributed by atoms with Gasteiger partial charge in [0, 0.05) is 5.54 Å². The Morgan fingerprint density at radius 1 is 1.50 bits per heavy atom. The fraction of sp³-hybridized carbons (Fsp3) is 0.778. The van der Waals surface area contributed by atoms with E-state index in [-0.39, 0.29) is 0 Å². The maximum Gasteiger partial charge on any atom is 0.408 e. The molecule has 1 aliphatic heterocycles. The lowest BCUT2D eigenvalue weighted by atomic mass is 10.0. The van der Waals surface area contributed by atoms with Crippen molar-refractivity contribution in [3.05, 3.63) is 0 Å². The smallest absolute Gasteiger partial charge is 0.408 e. The van der Waals surface area contributed by atoms with Crippen LogP contribution in [0.4, 0.5) is 4.79 Å². The second-order valence-corrected chi connectivity index (χ2v) is 4.04. The Labute approximate surface area is 82.6 Å². The number of carbonyl (C=O) groups excluding carboxylic acids is 1. The van der Waals surface area contributed by atoms with E-state index in [1.807, 2.05) is 13.8 Å². The molecular formula is C9H15NO4. The summed E-state index contributed by atoms with van der Waals surface area (Å²) < 4.78 is 4.56. The van der Waals surface area contributed by atoms with E-state index in [1.165, 1.54) is 12.0 Å². The third kappa shape index (κ3) is 1.66. The molecule has 5 nitrogen and oxygen atoms in total. The van der Waals surface area contributed by atoms with Crippen molar-refractivity contribution in [3.63, 3.8) is 0 Å². The Hall–Kier alpha value is -1.26. The first-order valence-corrected chi connectivity index (χ1v) is 4.50. The number of carbonyl (C=O) groups is 2. The number of nitrogens with zero attached hydrogens (tertiary/aromatic N) is 1. The molecule has 0 unspecified atom stereocenters. The quantitative estimate of drug-likeness (QED) is 0.644. The van der Waals surface area contributed by atoms with Gasteiger partial charge in [0.25, 0.3) is 0 Å². The first kappa shape index (κ1) is 10.8. The molecule has 0 aromatic rings. The predicted octanol–water partition coefficient (Wildman–Crippen LogP) is 1.08. The minimum atomic E-state index is -1.07. The van der Waals surface area contributed by atoms with Crippen LogP contribution in [-0.2, 0) is 9.53 Å². The number of ether oxygens (including phenoxy) is 1. The van der Waals surface area contributed by atoms with E-state index in [4.69, 9.17) is 5.11 Å². The lowest BCUT2D eigenvalue weighted by Crippen LogP contribution is -2.49. The second-order valence-electron chi connectivity index (χ2n) is 4.04. The topological polar surface area (TPSA) is 66.8 Å². The molecule has 0 aromatic heterocycles. The van der Waals surface area contributed by atoms with Gasteiger partial charge in [-0.3, -0.25) is 4.90 Å². The van der Waals surface area contributed by atoms with Crippen LogP contribution in [-0.4, -0.2) is 40.8 Å². The van der Waals surface area contributed by atoms with Gasteiger partial charge in [0.05, 0.1) is 7.11 Å². The third-order valence-corrected chi connectivity index (χ3v) is 2.67. The summed E-state index contributed by atoms with van der Waals surface area (Å²) >= 11 is 0. The van der Waals surface area contributed by atoms with Gasteiger partial charge >= 0.3 is 12.1 Å². The van der Waals surface area contributed by atoms with E-state index in [1.54, 1.807) is 0 Å². The highest BCUT2D eigenvalue weighted by Gasteiger charge is 2.46. The van der Waals surface area contributed by atoms with Crippen molar-refractivity contribution in [3.8, 4) is 0 Å². The first-order valence-electron chi connectivity index (χ1n) is 4.50. The molecule has 0 spiro atoms. The van der Waals surface area contributed by atoms with Crippen molar-refractivity contribution in [2.75, 3.05) is 7.11 Å². The highest BCUT2D eigenvalue weighted by molar-refractivity contribution is 5.82. The standard InChI is InChI=1S/C9H15NO4/c1-9(2)5-4-6(7(11)14-3)10(9)8(12)13/h6H,4-5H2,1-3H3,(H,12,13)/t6-/m0/s1. The molecule has 1 heterocycles. The maximum absolute atomic E-state index is 11.3. The van der Waals surface area contributed by atoms with Crippen LogP contribution in [0.15, 0.2) is 0 Å². The summed E-state index contributed by atoms with van der Waals surface area (Å²) in [7, 11) is 1.27. The van der Waals surface area contributed by atoms with Crippen molar-refractivity contribution in [2.24, 2.45) is 0 Å². The number of amides is 1. The number of esters is 1. The van der Waals surface area contributed by atoms with Crippen LogP contribution in [0.3, 0.4) is 0 Å². The summed E-state index contributed by atoms with van der Waals surface area (Å²) in [6.45, 7) is 3.62. The summed E-state index contributed by atoms with van der Waals surface area (Å²) in [5.74, 6) is -0.474. The van der Waals surface area contributed by atoms with E-state index < -0.39 is 23.6 Å². The van der Waals surface area contributed by atoms with Crippen molar-refractivity contribution in [1.29, 1.82) is 0 Å². The number of likely N-dealkylation sites (tertiary alicyclic amines) is 1. The number of rotatable bonds is 1. The normalized spacial score (nSPS) is 24.8. The summed E-state index contributed by atoms with van der Waals surface area (Å²) in [6.07, 6.45) is 0.147.